The van der Waals surface area contributed by atoms with E-state index in [9.17, 15) is 18.4 Å². The van der Waals surface area contributed by atoms with Gasteiger partial charge in [0.1, 0.15) is 11.6 Å². The number of halogens is 2. The van der Waals surface area contributed by atoms with Crippen molar-refractivity contribution in [2.45, 2.75) is 44.1 Å². The first-order valence-corrected chi connectivity index (χ1v) is 11.9. The first-order chi connectivity index (χ1) is 16.0. The Labute approximate surface area is 193 Å². The second-order valence-electron chi connectivity index (χ2n) is 9.34. The van der Waals surface area contributed by atoms with Crippen LogP contribution in [-0.4, -0.2) is 60.3 Å². The van der Waals surface area contributed by atoms with Crippen molar-refractivity contribution in [1.82, 2.24) is 9.80 Å². The van der Waals surface area contributed by atoms with E-state index in [1.54, 1.807) is 23.1 Å². The Hall–Kier alpha value is -2.80. The second kappa shape index (κ2) is 9.21. The van der Waals surface area contributed by atoms with Crippen molar-refractivity contribution in [3.05, 3.63) is 59.7 Å². The molecule has 5 rings (SSSR count). The number of unbranched alkanes of at least 4 members (excludes halogenated alkanes) is 1. The van der Waals surface area contributed by atoms with Gasteiger partial charge in [0.15, 0.2) is 0 Å². The van der Waals surface area contributed by atoms with Crippen LogP contribution in [0.3, 0.4) is 0 Å². The summed E-state index contributed by atoms with van der Waals surface area (Å²) in [6.07, 6.45) is 3.91. The minimum Gasteiger partial charge on any atom is -0.337 e. The lowest BCUT2D eigenvalue weighted by Crippen LogP contribution is -2.45. The van der Waals surface area contributed by atoms with Gasteiger partial charge in [0, 0.05) is 55.9 Å². The van der Waals surface area contributed by atoms with Crippen LogP contribution in [0.2, 0.25) is 0 Å². The number of hydrogen-bond acceptors (Lipinski definition) is 4. The summed E-state index contributed by atoms with van der Waals surface area (Å²) in [6.45, 7) is 4.02. The van der Waals surface area contributed by atoms with Gasteiger partial charge < -0.3 is 14.7 Å². The van der Waals surface area contributed by atoms with Crippen LogP contribution in [-0.2, 0) is 9.59 Å². The van der Waals surface area contributed by atoms with Crippen molar-refractivity contribution in [3.8, 4) is 0 Å². The maximum absolute atomic E-state index is 14.1. The molecule has 0 aliphatic carbocycles. The Morgan fingerprint density at radius 2 is 1.67 bits per heavy atom. The lowest BCUT2D eigenvalue weighted by atomic mass is 9.89. The zero-order valence-electron chi connectivity index (χ0n) is 18.7. The predicted octanol–water partition coefficient (Wildman–Crippen LogP) is 4.25. The highest BCUT2D eigenvalue weighted by atomic mass is 19.1. The van der Waals surface area contributed by atoms with Crippen LogP contribution in [0.25, 0.3) is 0 Å². The van der Waals surface area contributed by atoms with Crippen molar-refractivity contribution in [1.29, 1.82) is 0 Å². The molecule has 0 aromatic heterocycles. The van der Waals surface area contributed by atoms with Gasteiger partial charge in [0.2, 0.25) is 5.78 Å². The second-order valence-corrected chi connectivity index (χ2v) is 9.34. The van der Waals surface area contributed by atoms with Crippen molar-refractivity contribution in [3.63, 3.8) is 0 Å². The van der Waals surface area contributed by atoms with Crippen molar-refractivity contribution >= 4 is 23.1 Å². The molecule has 0 bridgehead atoms. The van der Waals surface area contributed by atoms with Gasteiger partial charge in [-0.2, -0.15) is 0 Å². The van der Waals surface area contributed by atoms with Crippen LogP contribution < -0.4 is 4.90 Å². The first kappa shape index (κ1) is 22.0. The lowest BCUT2D eigenvalue weighted by Gasteiger charge is -2.39. The molecule has 2 aromatic rings. The van der Waals surface area contributed by atoms with E-state index < -0.39 is 0 Å². The summed E-state index contributed by atoms with van der Waals surface area (Å²) in [4.78, 5) is 29.9. The summed E-state index contributed by atoms with van der Waals surface area (Å²) in [6, 6.07) is 11.8. The standard InChI is InChI=1S/C26H29F2N3O2/c27-18-5-8-20(9-6-18)31-23-10-7-19(28)16-21(23)22-17-29(15-11-24(22)31)12-1-2-13-30-14-3-4-25(32)26(30)33/h5-10,16,22,24H,1-4,11-15,17H2. The number of piperidine rings is 2. The molecule has 0 N–H and O–H groups in total. The molecule has 2 unspecified atom stereocenters. The van der Waals surface area contributed by atoms with Gasteiger partial charge in [-0.3, -0.25) is 9.59 Å². The van der Waals surface area contributed by atoms with Gasteiger partial charge in [0.05, 0.1) is 0 Å². The number of benzene rings is 2. The molecule has 33 heavy (non-hydrogen) atoms. The van der Waals surface area contributed by atoms with Crippen LogP contribution >= 0.6 is 0 Å². The molecular weight excluding hydrogens is 424 g/mol. The molecule has 2 saturated heterocycles. The largest absolute Gasteiger partial charge is 0.337 e. The minimum absolute atomic E-state index is 0.191. The molecule has 3 aliphatic heterocycles. The van der Waals surface area contributed by atoms with E-state index in [2.05, 4.69) is 9.80 Å². The number of hydrogen-bond donors (Lipinski definition) is 0. The Morgan fingerprint density at radius 3 is 2.48 bits per heavy atom. The van der Waals surface area contributed by atoms with Crippen molar-refractivity contribution < 1.29 is 18.4 Å². The highest BCUT2D eigenvalue weighted by Crippen LogP contribution is 2.48. The Morgan fingerprint density at radius 1 is 0.909 bits per heavy atom. The third-order valence-corrected chi connectivity index (χ3v) is 7.26. The Bertz CT molecular complexity index is 1040. The zero-order valence-corrected chi connectivity index (χ0v) is 18.7. The summed E-state index contributed by atoms with van der Waals surface area (Å²) < 4.78 is 27.6. The van der Waals surface area contributed by atoms with E-state index in [1.165, 1.54) is 18.2 Å². The van der Waals surface area contributed by atoms with Crippen molar-refractivity contribution in [2.75, 3.05) is 37.6 Å². The molecule has 174 valence electrons. The van der Waals surface area contributed by atoms with Crippen LogP contribution in [0.15, 0.2) is 42.5 Å². The summed E-state index contributed by atoms with van der Waals surface area (Å²) in [5.74, 6) is -0.893. The number of rotatable bonds is 6. The molecule has 3 aliphatic rings. The molecule has 2 fully saturated rings. The molecule has 0 saturated carbocycles. The normalized spacial score (nSPS) is 23.1. The maximum Gasteiger partial charge on any atom is 0.289 e. The fourth-order valence-electron chi connectivity index (χ4n) is 5.64. The van der Waals surface area contributed by atoms with Gasteiger partial charge in [-0.15, -0.1) is 0 Å². The summed E-state index contributed by atoms with van der Waals surface area (Å²) in [5.41, 5.74) is 2.96. The number of fused-ring (bicyclic) bond motifs is 3. The zero-order chi connectivity index (χ0) is 22.9. The summed E-state index contributed by atoms with van der Waals surface area (Å²) >= 11 is 0. The average molecular weight is 454 g/mol. The molecule has 3 heterocycles. The number of Topliss-reactive ketones (excluding diaryl/α,β-unsaturated/α-hetero) is 1. The van der Waals surface area contributed by atoms with E-state index >= 15 is 0 Å². The van der Waals surface area contributed by atoms with Gasteiger partial charge in [-0.1, -0.05) is 0 Å². The van der Waals surface area contributed by atoms with E-state index in [4.69, 9.17) is 0 Å². The number of anilines is 2. The number of amides is 1. The smallest absolute Gasteiger partial charge is 0.289 e. The van der Waals surface area contributed by atoms with E-state index in [-0.39, 0.29) is 35.3 Å². The minimum atomic E-state index is -0.326. The van der Waals surface area contributed by atoms with Crippen LogP contribution in [0, 0.1) is 11.6 Å². The van der Waals surface area contributed by atoms with E-state index in [1.807, 2.05) is 6.07 Å². The quantitative estimate of drug-likeness (QED) is 0.485. The average Bonchev–Trinajstić information content (AvgIpc) is 3.13. The molecule has 0 radical (unpaired) electrons. The third-order valence-electron chi connectivity index (χ3n) is 7.26. The molecule has 1 amide bonds. The van der Waals surface area contributed by atoms with Crippen LogP contribution in [0.5, 0.6) is 0 Å². The van der Waals surface area contributed by atoms with Crippen molar-refractivity contribution in [2.24, 2.45) is 0 Å². The lowest BCUT2D eigenvalue weighted by molar-refractivity contribution is -0.147. The summed E-state index contributed by atoms with van der Waals surface area (Å²) in [7, 11) is 0. The molecular formula is C26H29F2N3O2. The highest BCUT2D eigenvalue weighted by molar-refractivity contribution is 6.36. The monoisotopic (exact) mass is 453 g/mol. The highest BCUT2D eigenvalue weighted by Gasteiger charge is 2.42. The maximum atomic E-state index is 14.1. The molecule has 5 nitrogen and oxygen atoms in total. The molecule has 2 aromatic carbocycles. The van der Waals surface area contributed by atoms with Gasteiger partial charge in [-0.25, -0.2) is 8.78 Å². The van der Waals surface area contributed by atoms with E-state index in [0.717, 1.165) is 62.3 Å². The Balaban J connectivity index is 1.23. The van der Waals surface area contributed by atoms with Gasteiger partial charge in [0.25, 0.3) is 5.91 Å². The first-order valence-electron chi connectivity index (χ1n) is 11.9. The number of ketones is 1. The van der Waals surface area contributed by atoms with Crippen LogP contribution in [0.1, 0.15) is 43.6 Å². The SMILES string of the molecule is O=C1CCCN(CCCCN2CCC3C(C2)c2cc(F)ccc2N3c2ccc(F)cc2)C1=O. The molecule has 7 heteroatoms. The van der Waals surface area contributed by atoms with Gasteiger partial charge in [-0.05, 0) is 80.3 Å². The number of likely N-dealkylation sites (tertiary alicyclic amines) is 2. The fraction of sp³-hybridized carbons (Fsp3) is 0.462. The number of nitrogens with zero attached hydrogens (tertiary/aromatic N) is 3. The van der Waals surface area contributed by atoms with E-state index in [0.29, 0.717) is 19.5 Å². The molecule has 2 atom stereocenters. The molecule has 0 spiro atoms. The third kappa shape index (κ3) is 4.38. The number of carbonyl (C=O) groups is 2. The number of carbonyl (C=O) groups excluding carboxylic acids is 2. The summed E-state index contributed by atoms with van der Waals surface area (Å²) in [5, 5.41) is 0. The Kier molecular flexibility index (Phi) is 6.15. The fourth-order valence-corrected chi connectivity index (χ4v) is 5.64. The predicted molar refractivity (Wildman–Crippen MR) is 123 cm³/mol. The van der Waals surface area contributed by atoms with Crippen LogP contribution in [0.4, 0.5) is 20.2 Å². The topological polar surface area (TPSA) is 43.9 Å². The van der Waals surface area contributed by atoms with Gasteiger partial charge >= 0.3 is 0 Å².